The average Bonchev–Trinajstić information content (AvgIpc) is 2.96. The molecule has 4 aliphatic rings. The third kappa shape index (κ3) is 2.66. The van der Waals surface area contributed by atoms with Gasteiger partial charge in [-0.2, -0.15) is 0 Å². The van der Waals surface area contributed by atoms with Crippen molar-refractivity contribution < 1.29 is 10.2 Å². The van der Waals surface area contributed by atoms with E-state index >= 15 is 0 Å². The fourth-order valence-electron chi connectivity index (χ4n) is 6.56. The molecule has 0 aromatic heterocycles. The Morgan fingerprint density at radius 2 is 1.93 bits per heavy atom. The Morgan fingerprint density at radius 3 is 2.74 bits per heavy atom. The van der Waals surface area contributed by atoms with Crippen molar-refractivity contribution in [2.24, 2.45) is 17.3 Å². The normalized spacial score (nSPS) is 40.2. The van der Waals surface area contributed by atoms with E-state index in [1.807, 2.05) is 6.08 Å². The molecule has 0 bridgehead atoms. The summed E-state index contributed by atoms with van der Waals surface area (Å²) in [6, 6.07) is 10.8. The number of aliphatic hydroxyl groups excluding tert-OH is 2. The molecule has 2 nitrogen and oxygen atoms in total. The van der Waals surface area contributed by atoms with Gasteiger partial charge >= 0.3 is 0 Å². The first kappa shape index (κ1) is 17.4. The molecule has 2 radical (unpaired) electrons. The number of fused-ring (bicyclic) bond motifs is 4. The summed E-state index contributed by atoms with van der Waals surface area (Å²) in [7, 11) is 6.82. The van der Waals surface area contributed by atoms with Gasteiger partial charge in [0, 0.05) is 5.41 Å². The van der Waals surface area contributed by atoms with E-state index in [1.54, 1.807) is 0 Å². The largest absolute Gasteiger partial charge is 0.508 e. The number of hydrogen-bond donors (Lipinski definition) is 2. The van der Waals surface area contributed by atoms with Crippen molar-refractivity contribution >= 4 is 7.85 Å². The number of hydrogen-bond acceptors (Lipinski definition) is 2. The van der Waals surface area contributed by atoms with Crippen LogP contribution in [0.25, 0.3) is 0 Å². The van der Waals surface area contributed by atoms with Crippen LogP contribution in [-0.4, -0.2) is 24.2 Å². The van der Waals surface area contributed by atoms with Crippen LogP contribution in [0.1, 0.15) is 44.1 Å². The molecule has 0 heterocycles. The molecule has 2 fully saturated rings. The van der Waals surface area contributed by atoms with E-state index in [4.69, 9.17) is 7.85 Å². The Bertz CT molecular complexity index is 839. The zero-order valence-electron chi connectivity index (χ0n) is 15.8. The quantitative estimate of drug-likeness (QED) is 0.588. The van der Waals surface area contributed by atoms with E-state index < -0.39 is 0 Å². The van der Waals surface area contributed by atoms with Gasteiger partial charge in [0.25, 0.3) is 0 Å². The SMILES string of the molecule is [B][C@@]12CC[C@]3(Cc4ccccc4)C(=C1C[C@H](O)C2)CCC1C=C(O)C=CC13. The molecule has 27 heavy (non-hydrogen) atoms. The number of rotatable bonds is 2. The summed E-state index contributed by atoms with van der Waals surface area (Å²) in [6.45, 7) is 0. The van der Waals surface area contributed by atoms with Crippen LogP contribution in [0.3, 0.4) is 0 Å². The minimum atomic E-state index is -0.307. The van der Waals surface area contributed by atoms with Gasteiger partial charge in [0.1, 0.15) is 5.76 Å². The van der Waals surface area contributed by atoms with Crippen molar-refractivity contribution in [1.29, 1.82) is 0 Å². The predicted molar refractivity (Wildman–Crippen MR) is 109 cm³/mol. The molecule has 5 rings (SSSR count). The second kappa shape index (κ2) is 6.14. The third-order valence-electron chi connectivity index (χ3n) is 7.67. The number of aliphatic hydroxyl groups is 2. The molecule has 1 aromatic carbocycles. The Labute approximate surface area is 163 Å². The Hall–Kier alpha value is -1.74. The highest BCUT2D eigenvalue weighted by atomic mass is 16.3. The first-order chi connectivity index (χ1) is 13.0. The summed E-state index contributed by atoms with van der Waals surface area (Å²) >= 11 is 0. The molecule has 138 valence electrons. The molecular weight excluding hydrogens is 331 g/mol. The maximum absolute atomic E-state index is 10.4. The average molecular weight is 358 g/mol. The summed E-state index contributed by atoms with van der Waals surface area (Å²) < 4.78 is 0. The van der Waals surface area contributed by atoms with Crippen LogP contribution in [0.5, 0.6) is 0 Å². The molecule has 4 aliphatic carbocycles. The molecule has 5 atom stereocenters. The van der Waals surface area contributed by atoms with Gasteiger partial charge in [-0.25, -0.2) is 0 Å². The zero-order valence-corrected chi connectivity index (χ0v) is 15.8. The van der Waals surface area contributed by atoms with Crippen LogP contribution in [0.15, 0.2) is 65.5 Å². The van der Waals surface area contributed by atoms with Crippen molar-refractivity contribution in [2.45, 2.75) is 56.4 Å². The summed E-state index contributed by atoms with van der Waals surface area (Å²) in [5.41, 5.74) is 4.30. The minimum absolute atomic E-state index is 0.0558. The highest BCUT2D eigenvalue weighted by Gasteiger charge is 2.55. The molecule has 2 saturated carbocycles. The van der Waals surface area contributed by atoms with Crippen LogP contribution in [-0.2, 0) is 6.42 Å². The molecule has 0 spiro atoms. The van der Waals surface area contributed by atoms with E-state index in [-0.39, 0.29) is 16.8 Å². The van der Waals surface area contributed by atoms with Crippen LogP contribution < -0.4 is 0 Å². The van der Waals surface area contributed by atoms with Crippen LogP contribution in [0.4, 0.5) is 0 Å². The number of benzene rings is 1. The fourth-order valence-corrected chi connectivity index (χ4v) is 6.56. The maximum Gasteiger partial charge on any atom is 0.111 e. The molecular formula is C24H27BO2. The van der Waals surface area contributed by atoms with E-state index in [0.29, 0.717) is 24.0 Å². The Kier molecular flexibility index (Phi) is 3.95. The smallest absolute Gasteiger partial charge is 0.111 e. The van der Waals surface area contributed by atoms with Crippen molar-refractivity contribution in [1.82, 2.24) is 0 Å². The third-order valence-corrected chi connectivity index (χ3v) is 7.67. The van der Waals surface area contributed by atoms with Crippen LogP contribution in [0, 0.1) is 17.3 Å². The van der Waals surface area contributed by atoms with Crippen molar-refractivity contribution in [3.8, 4) is 0 Å². The molecule has 3 heteroatoms. The predicted octanol–water partition coefficient (Wildman–Crippen LogP) is 4.83. The van der Waals surface area contributed by atoms with Gasteiger partial charge in [-0.15, -0.1) is 0 Å². The highest BCUT2D eigenvalue weighted by molar-refractivity contribution is 6.18. The van der Waals surface area contributed by atoms with Gasteiger partial charge in [0.2, 0.25) is 0 Å². The number of allylic oxidation sites excluding steroid dienone is 4. The van der Waals surface area contributed by atoms with Gasteiger partial charge in [-0.1, -0.05) is 54.0 Å². The molecule has 0 aliphatic heterocycles. The second-order valence-electron chi connectivity index (χ2n) is 9.17. The van der Waals surface area contributed by atoms with Gasteiger partial charge in [0.15, 0.2) is 0 Å². The lowest BCUT2D eigenvalue weighted by Gasteiger charge is -2.55. The van der Waals surface area contributed by atoms with Crippen molar-refractivity contribution in [3.63, 3.8) is 0 Å². The van der Waals surface area contributed by atoms with Crippen molar-refractivity contribution in [2.75, 3.05) is 0 Å². The second-order valence-corrected chi connectivity index (χ2v) is 9.17. The summed E-state index contributed by atoms with van der Waals surface area (Å²) in [5, 5.41) is 20.1. The van der Waals surface area contributed by atoms with Gasteiger partial charge in [-0.05, 0) is 73.4 Å². The van der Waals surface area contributed by atoms with E-state index in [2.05, 4.69) is 42.5 Å². The molecule has 2 unspecified atom stereocenters. The highest BCUT2D eigenvalue weighted by Crippen LogP contribution is 2.66. The van der Waals surface area contributed by atoms with E-state index in [0.717, 1.165) is 38.5 Å². The molecule has 0 saturated heterocycles. The van der Waals surface area contributed by atoms with E-state index in [9.17, 15) is 10.2 Å². The topological polar surface area (TPSA) is 40.5 Å². The monoisotopic (exact) mass is 358 g/mol. The lowest BCUT2D eigenvalue weighted by molar-refractivity contribution is 0.120. The maximum atomic E-state index is 10.4. The van der Waals surface area contributed by atoms with Crippen molar-refractivity contribution in [3.05, 3.63) is 71.0 Å². The minimum Gasteiger partial charge on any atom is -0.508 e. The Balaban J connectivity index is 1.65. The summed E-state index contributed by atoms with van der Waals surface area (Å²) in [4.78, 5) is 0. The first-order valence-electron chi connectivity index (χ1n) is 10.3. The van der Waals surface area contributed by atoms with Gasteiger partial charge < -0.3 is 10.2 Å². The summed E-state index contributed by atoms with van der Waals surface area (Å²) in [5.74, 6) is 1.19. The molecule has 1 aromatic rings. The fraction of sp³-hybridized carbons (Fsp3) is 0.500. The van der Waals surface area contributed by atoms with Gasteiger partial charge in [0.05, 0.1) is 14.0 Å². The lowest BCUT2D eigenvalue weighted by atomic mass is 9.46. The molecule has 2 N–H and O–H groups in total. The first-order valence-corrected chi connectivity index (χ1v) is 10.3. The van der Waals surface area contributed by atoms with E-state index in [1.165, 1.54) is 16.7 Å². The van der Waals surface area contributed by atoms with Gasteiger partial charge in [-0.3, -0.25) is 0 Å². The summed E-state index contributed by atoms with van der Waals surface area (Å²) in [6.07, 6.45) is 12.5. The standard InChI is InChI=1S/C24H27BO2/c25-24-11-10-23(14-16-4-2-1-3-5-16)20-9-7-18(26)12-17(20)6-8-21(23)22(24)13-19(27)15-24/h1-5,7,9,12,17,19-20,26-27H,6,8,10-11,13-15H2/t17?,19-,20?,23+,24+/m0/s1. The molecule has 0 amide bonds. The van der Waals surface area contributed by atoms with Crippen LogP contribution in [0.2, 0.25) is 5.31 Å². The zero-order chi connectivity index (χ0) is 18.6. The lowest BCUT2D eigenvalue weighted by Crippen LogP contribution is -2.46. The Morgan fingerprint density at radius 1 is 1.11 bits per heavy atom. The van der Waals surface area contributed by atoms with Crippen LogP contribution >= 0.6 is 0 Å².